The molecule has 0 spiro atoms. The largest absolute Gasteiger partial charge is 0.469 e. The Labute approximate surface area is 106 Å². The number of rotatable bonds is 2. The molecule has 1 fully saturated rings. The van der Waals surface area contributed by atoms with Crippen LogP contribution in [-0.4, -0.2) is 26.2 Å². The molecule has 4 aliphatic rings. The average molecular weight is 248 g/mol. The predicted octanol–water partition coefficient (Wildman–Crippen LogP) is 1.18. The van der Waals surface area contributed by atoms with E-state index in [1.165, 1.54) is 14.2 Å². The molecule has 6 atom stereocenters. The van der Waals surface area contributed by atoms with Crippen LogP contribution >= 0.6 is 0 Å². The van der Waals surface area contributed by atoms with Crippen LogP contribution in [0.3, 0.4) is 0 Å². The van der Waals surface area contributed by atoms with Gasteiger partial charge >= 0.3 is 11.9 Å². The second-order valence-electron chi connectivity index (χ2n) is 5.18. The fourth-order valence-corrected chi connectivity index (χ4v) is 3.73. The van der Waals surface area contributed by atoms with E-state index in [-0.39, 0.29) is 23.8 Å². The predicted molar refractivity (Wildman–Crippen MR) is 63.3 cm³/mol. The fourth-order valence-electron chi connectivity index (χ4n) is 3.73. The maximum Gasteiger partial charge on any atom is 0.310 e. The normalized spacial score (nSPS) is 43.0. The van der Waals surface area contributed by atoms with Gasteiger partial charge in [-0.25, -0.2) is 0 Å². The molecule has 4 heteroatoms. The monoisotopic (exact) mass is 248 g/mol. The van der Waals surface area contributed by atoms with E-state index in [0.29, 0.717) is 11.8 Å². The zero-order valence-corrected chi connectivity index (χ0v) is 10.4. The number of allylic oxidation sites excluding steroid dienone is 4. The van der Waals surface area contributed by atoms with Crippen molar-refractivity contribution in [1.82, 2.24) is 0 Å². The molecule has 0 aromatic heterocycles. The van der Waals surface area contributed by atoms with Crippen LogP contribution in [0.2, 0.25) is 0 Å². The Hall–Kier alpha value is -1.58. The molecule has 4 rings (SSSR count). The zero-order valence-electron chi connectivity index (χ0n) is 10.4. The molecule has 0 amide bonds. The van der Waals surface area contributed by atoms with Gasteiger partial charge in [0.25, 0.3) is 0 Å². The summed E-state index contributed by atoms with van der Waals surface area (Å²) in [6.45, 7) is 0. The van der Waals surface area contributed by atoms with Crippen LogP contribution in [0.15, 0.2) is 24.3 Å². The summed E-state index contributed by atoms with van der Waals surface area (Å²) in [6, 6.07) is 0. The maximum atomic E-state index is 12.0. The molecular weight excluding hydrogens is 232 g/mol. The van der Waals surface area contributed by atoms with E-state index >= 15 is 0 Å². The van der Waals surface area contributed by atoms with Gasteiger partial charge in [-0.3, -0.25) is 9.59 Å². The summed E-state index contributed by atoms with van der Waals surface area (Å²) in [4.78, 5) is 24.0. The molecule has 96 valence electrons. The Bertz CT molecular complexity index is 411. The fraction of sp³-hybridized carbons (Fsp3) is 0.571. The zero-order chi connectivity index (χ0) is 12.9. The van der Waals surface area contributed by atoms with Crippen LogP contribution in [0.4, 0.5) is 0 Å². The summed E-state index contributed by atoms with van der Waals surface area (Å²) in [5, 5.41) is 0. The van der Waals surface area contributed by atoms with E-state index in [1.54, 1.807) is 0 Å². The summed E-state index contributed by atoms with van der Waals surface area (Å²) in [6.07, 6.45) is 8.40. The van der Waals surface area contributed by atoms with Gasteiger partial charge in [-0.05, 0) is 23.7 Å². The summed E-state index contributed by atoms with van der Waals surface area (Å²) in [5.41, 5.74) is 0. The quantitative estimate of drug-likeness (QED) is 0.544. The molecule has 0 saturated heterocycles. The van der Waals surface area contributed by atoms with Crippen molar-refractivity contribution in [2.75, 3.05) is 14.2 Å². The minimum absolute atomic E-state index is 0.0709. The lowest BCUT2D eigenvalue weighted by Gasteiger charge is -2.53. The summed E-state index contributed by atoms with van der Waals surface area (Å²) in [7, 11) is 2.74. The SMILES string of the molecule is COC(=O)[C@@H]1[C@H]2C=C[C@@H]([C@H]3C=C[C@H]32)[C@H]1C(=O)OC. The lowest BCUT2D eigenvalue weighted by molar-refractivity contribution is -0.167. The van der Waals surface area contributed by atoms with Crippen molar-refractivity contribution in [3.63, 3.8) is 0 Å². The number of carbonyl (C=O) groups is 2. The van der Waals surface area contributed by atoms with Crippen LogP contribution in [0.5, 0.6) is 0 Å². The van der Waals surface area contributed by atoms with Crippen LogP contribution in [0.25, 0.3) is 0 Å². The Morgan fingerprint density at radius 2 is 1.06 bits per heavy atom. The van der Waals surface area contributed by atoms with E-state index in [0.717, 1.165) is 0 Å². The van der Waals surface area contributed by atoms with Gasteiger partial charge in [0.15, 0.2) is 0 Å². The lowest BCUT2D eigenvalue weighted by atomic mass is 9.50. The molecule has 4 nitrogen and oxygen atoms in total. The Morgan fingerprint density at radius 1 is 0.722 bits per heavy atom. The van der Waals surface area contributed by atoms with Gasteiger partial charge in [-0.15, -0.1) is 0 Å². The first-order chi connectivity index (χ1) is 8.69. The standard InChI is InChI=1S/C14H16O4/c1-17-13(15)11-9-5-6-10(8-4-3-7(8)9)12(11)14(16)18-2/h3-12H,1-2H3/t7-,8+,9-,10-,11+,12+/m0/s1. The third-order valence-corrected chi connectivity index (χ3v) is 4.61. The number of ether oxygens (including phenoxy) is 2. The highest BCUT2D eigenvalue weighted by atomic mass is 16.5. The molecule has 0 aromatic rings. The molecule has 18 heavy (non-hydrogen) atoms. The van der Waals surface area contributed by atoms with E-state index in [2.05, 4.69) is 24.3 Å². The number of fused-ring (bicyclic) bond motifs is 1. The van der Waals surface area contributed by atoms with Gasteiger partial charge in [0.1, 0.15) is 0 Å². The highest BCUT2D eigenvalue weighted by Crippen LogP contribution is 2.56. The number of esters is 2. The molecule has 0 N–H and O–H groups in total. The first-order valence-corrected chi connectivity index (χ1v) is 6.21. The highest BCUT2D eigenvalue weighted by molar-refractivity contribution is 5.84. The van der Waals surface area contributed by atoms with Crippen molar-refractivity contribution in [3.8, 4) is 0 Å². The van der Waals surface area contributed by atoms with Gasteiger partial charge in [-0.2, -0.15) is 0 Å². The van der Waals surface area contributed by atoms with Crippen molar-refractivity contribution in [2.24, 2.45) is 35.5 Å². The highest BCUT2D eigenvalue weighted by Gasteiger charge is 2.58. The smallest absolute Gasteiger partial charge is 0.310 e. The maximum absolute atomic E-state index is 12.0. The third kappa shape index (κ3) is 1.32. The average Bonchev–Trinajstić information content (AvgIpc) is 2.35. The third-order valence-electron chi connectivity index (χ3n) is 4.61. The van der Waals surface area contributed by atoms with Gasteiger partial charge in [0.05, 0.1) is 26.1 Å². The van der Waals surface area contributed by atoms with Gasteiger partial charge in [-0.1, -0.05) is 24.3 Å². The molecule has 0 heterocycles. The first kappa shape index (κ1) is 11.5. The molecule has 1 saturated carbocycles. The van der Waals surface area contributed by atoms with Crippen LogP contribution in [0.1, 0.15) is 0 Å². The Morgan fingerprint density at radius 3 is 1.33 bits per heavy atom. The van der Waals surface area contributed by atoms with E-state index in [9.17, 15) is 9.59 Å². The molecule has 0 radical (unpaired) electrons. The minimum Gasteiger partial charge on any atom is -0.469 e. The van der Waals surface area contributed by atoms with Crippen molar-refractivity contribution >= 4 is 11.9 Å². The van der Waals surface area contributed by atoms with E-state index in [1.807, 2.05) is 0 Å². The van der Waals surface area contributed by atoms with Crippen LogP contribution in [-0.2, 0) is 19.1 Å². The molecule has 0 aliphatic heterocycles. The lowest BCUT2D eigenvalue weighted by Crippen LogP contribution is -2.55. The summed E-state index contributed by atoms with van der Waals surface area (Å²) < 4.78 is 9.74. The number of hydrogen-bond donors (Lipinski definition) is 0. The van der Waals surface area contributed by atoms with Gasteiger partial charge in [0, 0.05) is 0 Å². The minimum atomic E-state index is -0.399. The molecule has 4 aliphatic carbocycles. The summed E-state index contributed by atoms with van der Waals surface area (Å²) >= 11 is 0. The van der Waals surface area contributed by atoms with E-state index in [4.69, 9.17) is 9.47 Å². The van der Waals surface area contributed by atoms with Gasteiger partial charge < -0.3 is 9.47 Å². The molecule has 0 aromatic carbocycles. The second kappa shape index (κ2) is 3.97. The van der Waals surface area contributed by atoms with Crippen molar-refractivity contribution in [2.45, 2.75) is 0 Å². The second-order valence-corrected chi connectivity index (χ2v) is 5.18. The summed E-state index contributed by atoms with van der Waals surface area (Å²) in [5.74, 6) is -0.502. The van der Waals surface area contributed by atoms with Crippen molar-refractivity contribution < 1.29 is 19.1 Å². The Kier molecular flexibility index (Phi) is 2.54. The molecule has 2 bridgehead atoms. The van der Waals surface area contributed by atoms with E-state index < -0.39 is 11.8 Å². The van der Waals surface area contributed by atoms with Crippen LogP contribution < -0.4 is 0 Å². The number of hydrogen-bond acceptors (Lipinski definition) is 4. The number of carbonyl (C=O) groups excluding carboxylic acids is 2. The molecular formula is C14H16O4. The Balaban J connectivity index is 2.00. The van der Waals surface area contributed by atoms with Crippen LogP contribution in [0, 0.1) is 35.5 Å². The topological polar surface area (TPSA) is 52.6 Å². The van der Waals surface area contributed by atoms with Gasteiger partial charge in [0.2, 0.25) is 0 Å². The number of methoxy groups -OCH3 is 2. The van der Waals surface area contributed by atoms with Crippen molar-refractivity contribution in [1.29, 1.82) is 0 Å². The van der Waals surface area contributed by atoms with Crippen molar-refractivity contribution in [3.05, 3.63) is 24.3 Å². The molecule has 0 unspecified atom stereocenters. The first-order valence-electron chi connectivity index (χ1n) is 6.21.